The molecular formula is C29H31N3O2S. The molecule has 0 radical (unpaired) electrons. The standard InChI is InChI=1S/C29H31N3O2S/c1-7-20-10-8-9-11-25(20)32-27(34)24(26(33)30-28(32)35)17-21-16-18(2)31(19(21)3)23-14-12-22(13-15-23)29(4,5)6/h8-17H,7H2,1-6H3,(H,30,33,35)/b24-17+. The Morgan fingerprint density at radius 1 is 1.00 bits per heavy atom. The van der Waals surface area contributed by atoms with Crippen molar-refractivity contribution in [2.24, 2.45) is 0 Å². The lowest BCUT2D eigenvalue weighted by molar-refractivity contribution is -0.122. The van der Waals surface area contributed by atoms with Crippen molar-refractivity contribution in [2.45, 2.75) is 53.4 Å². The van der Waals surface area contributed by atoms with Crippen LogP contribution in [0.15, 0.2) is 60.2 Å². The second-order valence-electron chi connectivity index (χ2n) is 9.90. The van der Waals surface area contributed by atoms with Gasteiger partial charge in [-0.25, -0.2) is 0 Å². The number of aryl methyl sites for hydroxylation is 2. The largest absolute Gasteiger partial charge is 0.318 e. The Hall–Kier alpha value is -3.51. The average molecular weight is 486 g/mol. The molecule has 0 bridgehead atoms. The molecule has 0 spiro atoms. The number of nitrogens with one attached hydrogen (secondary N) is 1. The molecule has 4 rings (SSSR count). The minimum absolute atomic E-state index is 0.0628. The van der Waals surface area contributed by atoms with Gasteiger partial charge in [-0.2, -0.15) is 0 Å². The van der Waals surface area contributed by atoms with Crippen LogP contribution >= 0.6 is 12.2 Å². The Morgan fingerprint density at radius 2 is 1.66 bits per heavy atom. The SMILES string of the molecule is CCc1ccccc1N1C(=O)/C(=C/c2cc(C)n(-c3ccc(C(C)(C)C)cc3)c2C)C(=O)NC1=S. The maximum absolute atomic E-state index is 13.5. The third-order valence-corrected chi connectivity index (χ3v) is 6.76. The van der Waals surface area contributed by atoms with Gasteiger partial charge in [0.15, 0.2) is 5.11 Å². The van der Waals surface area contributed by atoms with Crippen LogP contribution in [0.4, 0.5) is 5.69 Å². The number of nitrogens with zero attached hydrogens (tertiary/aromatic N) is 2. The second-order valence-corrected chi connectivity index (χ2v) is 10.3. The average Bonchev–Trinajstić information content (AvgIpc) is 3.09. The van der Waals surface area contributed by atoms with Gasteiger partial charge in [0.2, 0.25) is 0 Å². The molecule has 2 heterocycles. The number of para-hydroxylation sites is 1. The Bertz CT molecular complexity index is 1360. The lowest BCUT2D eigenvalue weighted by Gasteiger charge is -2.30. The summed E-state index contributed by atoms with van der Waals surface area (Å²) in [5.74, 6) is -0.899. The number of thiocarbonyl (C=S) groups is 1. The molecule has 5 nitrogen and oxygen atoms in total. The molecule has 0 saturated carbocycles. The molecule has 3 aromatic rings. The van der Waals surface area contributed by atoms with Crippen LogP contribution in [0.25, 0.3) is 11.8 Å². The first-order chi connectivity index (χ1) is 16.5. The van der Waals surface area contributed by atoms with Gasteiger partial charge in [0.1, 0.15) is 5.57 Å². The van der Waals surface area contributed by atoms with Gasteiger partial charge >= 0.3 is 0 Å². The van der Waals surface area contributed by atoms with E-state index in [9.17, 15) is 9.59 Å². The number of carbonyl (C=O) groups is 2. The van der Waals surface area contributed by atoms with E-state index >= 15 is 0 Å². The smallest absolute Gasteiger partial charge is 0.270 e. The maximum atomic E-state index is 13.5. The van der Waals surface area contributed by atoms with Crippen LogP contribution in [0.2, 0.25) is 0 Å². The van der Waals surface area contributed by atoms with Gasteiger partial charge < -0.3 is 4.57 Å². The van der Waals surface area contributed by atoms with Crippen LogP contribution in [0, 0.1) is 13.8 Å². The maximum Gasteiger partial charge on any atom is 0.270 e. The Morgan fingerprint density at radius 3 is 2.29 bits per heavy atom. The van der Waals surface area contributed by atoms with Crippen molar-refractivity contribution in [1.29, 1.82) is 0 Å². The molecule has 1 aliphatic heterocycles. The molecule has 2 aromatic carbocycles. The lowest BCUT2D eigenvalue weighted by atomic mass is 9.87. The molecule has 0 aliphatic carbocycles. The summed E-state index contributed by atoms with van der Waals surface area (Å²) in [7, 11) is 0. The third-order valence-electron chi connectivity index (χ3n) is 6.48. The molecule has 0 atom stereocenters. The van der Waals surface area contributed by atoms with Crippen molar-refractivity contribution in [1.82, 2.24) is 9.88 Å². The van der Waals surface area contributed by atoms with Gasteiger partial charge in [-0.15, -0.1) is 0 Å². The third kappa shape index (κ3) is 4.58. The Balaban J connectivity index is 1.74. The van der Waals surface area contributed by atoms with Crippen molar-refractivity contribution < 1.29 is 9.59 Å². The van der Waals surface area contributed by atoms with E-state index in [1.807, 2.05) is 51.1 Å². The first-order valence-corrected chi connectivity index (χ1v) is 12.2. The number of hydrogen-bond acceptors (Lipinski definition) is 3. The molecular weight excluding hydrogens is 454 g/mol. The van der Waals surface area contributed by atoms with E-state index in [1.165, 1.54) is 10.5 Å². The van der Waals surface area contributed by atoms with Gasteiger partial charge in [0.25, 0.3) is 11.8 Å². The van der Waals surface area contributed by atoms with Gasteiger partial charge in [-0.3, -0.25) is 19.8 Å². The minimum atomic E-state index is -0.482. The Labute approximate surface area is 212 Å². The number of rotatable bonds is 4. The summed E-state index contributed by atoms with van der Waals surface area (Å²) in [4.78, 5) is 27.8. The summed E-state index contributed by atoms with van der Waals surface area (Å²) in [5.41, 5.74) is 6.90. The fourth-order valence-corrected chi connectivity index (χ4v) is 4.78. The van der Waals surface area contributed by atoms with E-state index in [2.05, 4.69) is 54.9 Å². The van der Waals surface area contributed by atoms with Crippen LogP contribution in [-0.2, 0) is 21.4 Å². The molecule has 180 valence electrons. The number of benzene rings is 2. The number of aromatic nitrogens is 1. The molecule has 1 N–H and O–H groups in total. The highest BCUT2D eigenvalue weighted by Crippen LogP contribution is 2.29. The highest BCUT2D eigenvalue weighted by atomic mass is 32.1. The molecule has 1 fully saturated rings. The van der Waals surface area contributed by atoms with Crippen LogP contribution in [0.1, 0.15) is 55.8 Å². The van der Waals surface area contributed by atoms with Gasteiger partial charge in [-0.05, 0) is 84.9 Å². The summed E-state index contributed by atoms with van der Waals surface area (Å²) in [6.07, 6.45) is 2.41. The molecule has 1 aromatic heterocycles. The topological polar surface area (TPSA) is 54.3 Å². The zero-order valence-corrected chi connectivity index (χ0v) is 21.9. The van der Waals surface area contributed by atoms with E-state index < -0.39 is 11.8 Å². The zero-order valence-electron chi connectivity index (χ0n) is 21.1. The molecule has 1 saturated heterocycles. The second kappa shape index (κ2) is 9.27. The first-order valence-electron chi connectivity index (χ1n) is 11.8. The highest BCUT2D eigenvalue weighted by Gasteiger charge is 2.35. The fraction of sp³-hybridized carbons (Fsp3) is 0.276. The van der Waals surface area contributed by atoms with E-state index in [0.29, 0.717) is 5.69 Å². The predicted octanol–water partition coefficient (Wildman–Crippen LogP) is 5.79. The van der Waals surface area contributed by atoms with Gasteiger partial charge in [0.05, 0.1) is 5.69 Å². The van der Waals surface area contributed by atoms with E-state index in [-0.39, 0.29) is 16.1 Å². The van der Waals surface area contributed by atoms with Crippen LogP contribution in [-0.4, -0.2) is 21.5 Å². The van der Waals surface area contributed by atoms with Crippen molar-refractivity contribution in [3.8, 4) is 5.69 Å². The summed E-state index contributed by atoms with van der Waals surface area (Å²) < 4.78 is 2.14. The Kier molecular flexibility index (Phi) is 6.52. The molecule has 0 unspecified atom stereocenters. The quantitative estimate of drug-likeness (QED) is 0.289. The molecule has 35 heavy (non-hydrogen) atoms. The number of carbonyl (C=O) groups excluding carboxylic acids is 2. The van der Waals surface area contributed by atoms with Gasteiger partial charge in [0, 0.05) is 17.1 Å². The van der Waals surface area contributed by atoms with Gasteiger partial charge in [-0.1, -0.05) is 58.0 Å². The summed E-state index contributed by atoms with van der Waals surface area (Å²) in [6.45, 7) is 12.6. The van der Waals surface area contributed by atoms with E-state index in [1.54, 1.807) is 6.08 Å². The van der Waals surface area contributed by atoms with Crippen LogP contribution in [0.3, 0.4) is 0 Å². The summed E-state index contributed by atoms with van der Waals surface area (Å²) >= 11 is 5.38. The number of amides is 2. The lowest BCUT2D eigenvalue weighted by Crippen LogP contribution is -2.54. The van der Waals surface area contributed by atoms with Crippen LogP contribution < -0.4 is 10.2 Å². The zero-order chi connectivity index (χ0) is 25.5. The normalized spacial score (nSPS) is 15.7. The van der Waals surface area contributed by atoms with E-state index in [4.69, 9.17) is 12.2 Å². The summed E-state index contributed by atoms with van der Waals surface area (Å²) in [5, 5.41) is 2.79. The summed E-state index contributed by atoms with van der Waals surface area (Å²) in [6, 6.07) is 18.1. The first kappa shape index (κ1) is 24.6. The van der Waals surface area contributed by atoms with Crippen LogP contribution in [0.5, 0.6) is 0 Å². The monoisotopic (exact) mass is 485 g/mol. The molecule has 6 heteroatoms. The van der Waals surface area contributed by atoms with Crippen molar-refractivity contribution in [2.75, 3.05) is 4.90 Å². The highest BCUT2D eigenvalue weighted by molar-refractivity contribution is 7.80. The predicted molar refractivity (Wildman–Crippen MR) is 146 cm³/mol. The van der Waals surface area contributed by atoms with Crippen molar-refractivity contribution in [3.63, 3.8) is 0 Å². The number of anilines is 1. The molecule has 1 aliphatic rings. The minimum Gasteiger partial charge on any atom is -0.318 e. The fourth-order valence-electron chi connectivity index (χ4n) is 4.50. The van der Waals surface area contributed by atoms with E-state index in [0.717, 1.165) is 34.6 Å². The van der Waals surface area contributed by atoms with Crippen molar-refractivity contribution >= 4 is 40.9 Å². The van der Waals surface area contributed by atoms with Crippen molar-refractivity contribution in [3.05, 3.63) is 88.2 Å². The molecule has 2 amide bonds. The number of hydrogen-bond donors (Lipinski definition) is 1.